The fraction of sp³-hybridized carbons (Fsp3) is 1.00. The van der Waals surface area contributed by atoms with E-state index in [1.807, 2.05) is 0 Å². The fourth-order valence-corrected chi connectivity index (χ4v) is 3.53. The summed E-state index contributed by atoms with van der Waals surface area (Å²) in [6, 6.07) is 0. The largest absolute Gasteiger partial charge is 0.0620 e. The summed E-state index contributed by atoms with van der Waals surface area (Å²) in [5, 5.41) is 0. The Bertz CT molecular complexity index is 134. The zero-order valence-electron chi connectivity index (χ0n) is 9.10. The van der Waals surface area contributed by atoms with Crippen LogP contribution in [0.5, 0.6) is 0 Å². The highest BCUT2D eigenvalue weighted by Crippen LogP contribution is 2.40. The van der Waals surface area contributed by atoms with Crippen molar-refractivity contribution in [2.45, 2.75) is 64.7 Å². The van der Waals surface area contributed by atoms with E-state index in [-0.39, 0.29) is 0 Å². The molecule has 0 radical (unpaired) electrons. The van der Waals surface area contributed by atoms with Gasteiger partial charge in [-0.2, -0.15) is 0 Å². The van der Waals surface area contributed by atoms with Gasteiger partial charge in [-0.25, -0.2) is 0 Å². The van der Waals surface area contributed by atoms with Gasteiger partial charge in [0.25, 0.3) is 0 Å². The SMILES string of the molecule is CC1[C@@H]2CCCCC[C@H]1CCCC2. The molecule has 0 heteroatoms. The Morgan fingerprint density at radius 2 is 1.00 bits per heavy atom. The van der Waals surface area contributed by atoms with E-state index in [9.17, 15) is 0 Å². The number of hydrogen-bond donors (Lipinski definition) is 0. The van der Waals surface area contributed by atoms with Crippen LogP contribution in [0, 0.1) is 17.8 Å². The molecule has 0 nitrogen and oxygen atoms in total. The lowest BCUT2D eigenvalue weighted by Crippen LogP contribution is -2.20. The third-order valence-corrected chi connectivity index (χ3v) is 4.54. The van der Waals surface area contributed by atoms with Crippen molar-refractivity contribution in [2.75, 3.05) is 0 Å². The van der Waals surface area contributed by atoms with Gasteiger partial charge in [0, 0.05) is 0 Å². The molecule has 3 atom stereocenters. The van der Waals surface area contributed by atoms with Crippen LogP contribution in [0.25, 0.3) is 0 Å². The maximum absolute atomic E-state index is 2.53. The molecule has 0 amide bonds. The second-order valence-corrected chi connectivity index (χ2v) is 5.30. The first kappa shape index (κ1) is 9.55. The molecule has 0 saturated heterocycles. The van der Waals surface area contributed by atoms with Crippen LogP contribution < -0.4 is 0 Å². The number of rotatable bonds is 0. The molecule has 0 heterocycles. The zero-order chi connectivity index (χ0) is 9.10. The van der Waals surface area contributed by atoms with Gasteiger partial charge in [0.05, 0.1) is 0 Å². The summed E-state index contributed by atoms with van der Waals surface area (Å²) in [5.74, 6) is 3.23. The molecule has 0 N–H and O–H groups in total. The van der Waals surface area contributed by atoms with Crippen molar-refractivity contribution in [1.29, 1.82) is 0 Å². The van der Waals surface area contributed by atoms with Gasteiger partial charge in [-0.1, -0.05) is 64.7 Å². The molecular weight excluding hydrogens is 156 g/mol. The lowest BCUT2D eigenvalue weighted by Gasteiger charge is -2.30. The summed E-state index contributed by atoms with van der Waals surface area (Å²) >= 11 is 0. The van der Waals surface area contributed by atoms with Gasteiger partial charge < -0.3 is 0 Å². The summed E-state index contributed by atoms with van der Waals surface area (Å²) in [4.78, 5) is 0. The van der Waals surface area contributed by atoms with Gasteiger partial charge >= 0.3 is 0 Å². The number of fused-ring (bicyclic) bond motifs is 2. The van der Waals surface area contributed by atoms with E-state index in [1.54, 1.807) is 0 Å². The maximum atomic E-state index is 2.53. The van der Waals surface area contributed by atoms with Crippen LogP contribution in [0.2, 0.25) is 0 Å². The van der Waals surface area contributed by atoms with Crippen LogP contribution in [0.3, 0.4) is 0 Å². The van der Waals surface area contributed by atoms with E-state index >= 15 is 0 Å². The standard InChI is InChI=1S/C13H24/c1-11-12-7-3-2-4-8-13(11)10-6-5-9-12/h11-13H,2-10H2,1H3/t11?,12-,13+. The molecule has 0 aliphatic heterocycles. The molecular formula is C13H24. The van der Waals surface area contributed by atoms with E-state index in [1.165, 1.54) is 57.8 Å². The van der Waals surface area contributed by atoms with Crippen molar-refractivity contribution in [3.63, 3.8) is 0 Å². The molecule has 0 aromatic heterocycles. The van der Waals surface area contributed by atoms with Crippen molar-refractivity contribution in [3.05, 3.63) is 0 Å². The van der Waals surface area contributed by atoms with E-state index in [0.29, 0.717) is 0 Å². The Morgan fingerprint density at radius 3 is 1.46 bits per heavy atom. The first-order valence-corrected chi connectivity index (χ1v) is 6.38. The Kier molecular flexibility index (Phi) is 3.29. The predicted octanol–water partition coefficient (Wildman–Crippen LogP) is 4.39. The second-order valence-electron chi connectivity index (χ2n) is 5.30. The summed E-state index contributed by atoms with van der Waals surface area (Å²) in [6.45, 7) is 2.53. The molecule has 0 aromatic carbocycles. The normalized spacial score (nSPS) is 41.8. The van der Waals surface area contributed by atoms with Gasteiger partial charge in [0.2, 0.25) is 0 Å². The monoisotopic (exact) mass is 180 g/mol. The fourth-order valence-electron chi connectivity index (χ4n) is 3.53. The highest BCUT2D eigenvalue weighted by Gasteiger charge is 2.28. The van der Waals surface area contributed by atoms with Crippen molar-refractivity contribution < 1.29 is 0 Å². The highest BCUT2D eigenvalue weighted by atomic mass is 14.3. The van der Waals surface area contributed by atoms with Gasteiger partial charge in [-0.15, -0.1) is 0 Å². The van der Waals surface area contributed by atoms with Crippen LogP contribution in [-0.4, -0.2) is 0 Å². The summed E-state index contributed by atoms with van der Waals surface area (Å²) in [5.41, 5.74) is 0. The lowest BCUT2D eigenvalue weighted by atomic mass is 9.75. The Morgan fingerprint density at radius 1 is 0.615 bits per heavy atom. The first-order chi connectivity index (χ1) is 6.38. The summed E-state index contributed by atoms with van der Waals surface area (Å²) in [7, 11) is 0. The molecule has 13 heavy (non-hydrogen) atoms. The van der Waals surface area contributed by atoms with E-state index in [4.69, 9.17) is 0 Å². The maximum Gasteiger partial charge on any atom is -0.0386 e. The molecule has 2 aliphatic carbocycles. The minimum Gasteiger partial charge on any atom is -0.0620 e. The van der Waals surface area contributed by atoms with Crippen molar-refractivity contribution in [3.8, 4) is 0 Å². The van der Waals surface area contributed by atoms with E-state index < -0.39 is 0 Å². The highest BCUT2D eigenvalue weighted by molar-refractivity contribution is 4.79. The molecule has 1 unspecified atom stereocenters. The number of hydrogen-bond acceptors (Lipinski definition) is 0. The topological polar surface area (TPSA) is 0 Å². The Labute approximate surface area is 83.1 Å². The molecule has 2 rings (SSSR count). The quantitative estimate of drug-likeness (QED) is 0.518. The van der Waals surface area contributed by atoms with Crippen molar-refractivity contribution in [1.82, 2.24) is 0 Å². The van der Waals surface area contributed by atoms with Crippen molar-refractivity contribution in [2.24, 2.45) is 17.8 Å². The summed E-state index contributed by atoms with van der Waals surface area (Å²) in [6.07, 6.45) is 13.7. The first-order valence-electron chi connectivity index (χ1n) is 6.38. The van der Waals surface area contributed by atoms with E-state index in [2.05, 4.69) is 6.92 Å². The van der Waals surface area contributed by atoms with Gasteiger partial charge in [0.1, 0.15) is 0 Å². The second kappa shape index (κ2) is 4.48. The molecule has 2 aliphatic rings. The lowest BCUT2D eigenvalue weighted by molar-refractivity contribution is 0.201. The molecule has 2 saturated carbocycles. The van der Waals surface area contributed by atoms with Crippen LogP contribution in [0.4, 0.5) is 0 Å². The van der Waals surface area contributed by atoms with Gasteiger partial charge in [0.15, 0.2) is 0 Å². The Hall–Kier alpha value is 0. The van der Waals surface area contributed by atoms with Crippen LogP contribution in [0.15, 0.2) is 0 Å². The molecule has 76 valence electrons. The average Bonchev–Trinajstić information content (AvgIpc) is 2.32. The molecule has 2 bridgehead atoms. The Balaban J connectivity index is 2.03. The summed E-state index contributed by atoms with van der Waals surface area (Å²) < 4.78 is 0. The third-order valence-electron chi connectivity index (χ3n) is 4.54. The van der Waals surface area contributed by atoms with Gasteiger partial charge in [-0.3, -0.25) is 0 Å². The third kappa shape index (κ3) is 2.27. The molecule has 0 aromatic rings. The molecule has 0 spiro atoms. The van der Waals surface area contributed by atoms with Crippen molar-refractivity contribution >= 4 is 0 Å². The minimum absolute atomic E-state index is 1.04. The molecule has 2 fully saturated rings. The predicted molar refractivity (Wildman–Crippen MR) is 57.7 cm³/mol. The zero-order valence-corrected chi connectivity index (χ0v) is 9.10. The average molecular weight is 180 g/mol. The van der Waals surface area contributed by atoms with Crippen LogP contribution in [0.1, 0.15) is 64.7 Å². The smallest absolute Gasteiger partial charge is 0.0386 e. The van der Waals surface area contributed by atoms with Crippen LogP contribution in [-0.2, 0) is 0 Å². The van der Waals surface area contributed by atoms with Gasteiger partial charge in [-0.05, 0) is 17.8 Å². The van der Waals surface area contributed by atoms with Crippen LogP contribution >= 0.6 is 0 Å². The van der Waals surface area contributed by atoms with E-state index in [0.717, 1.165) is 17.8 Å². The minimum atomic E-state index is 1.04.